The highest BCUT2D eigenvalue weighted by molar-refractivity contribution is 7.14. The van der Waals surface area contributed by atoms with Crippen molar-refractivity contribution in [2.45, 2.75) is 20.8 Å². The number of hydrogen-bond donors (Lipinski definition) is 2. The topological polar surface area (TPSA) is 40.5 Å². The van der Waals surface area contributed by atoms with Crippen molar-refractivity contribution in [2.24, 2.45) is 5.92 Å². The molecule has 6 rings (SSSR count). The van der Waals surface area contributed by atoms with Crippen molar-refractivity contribution in [3.63, 3.8) is 0 Å². The Bertz CT molecular complexity index is 2410. The molecule has 0 amide bonds. The van der Waals surface area contributed by atoms with Crippen molar-refractivity contribution in [2.75, 3.05) is 6.61 Å². The van der Waals surface area contributed by atoms with Gasteiger partial charge in [0.2, 0.25) is 0 Å². The van der Waals surface area contributed by atoms with Crippen LogP contribution < -0.4 is 0 Å². The molecule has 248 valence electrons. The van der Waals surface area contributed by atoms with Gasteiger partial charge in [0.25, 0.3) is 0 Å². The summed E-state index contributed by atoms with van der Waals surface area (Å²) in [5.41, 5.74) is 9.50. The molecule has 3 heteroatoms. The van der Waals surface area contributed by atoms with Crippen LogP contribution in [0.4, 0.5) is 0 Å². The zero-order valence-corrected chi connectivity index (χ0v) is 29.8. The number of allylic oxidation sites excluding steroid dienone is 6. The van der Waals surface area contributed by atoms with E-state index in [0.717, 1.165) is 49.7 Å². The fraction of sp³-hybridized carbons (Fsp3) is 0.106. The van der Waals surface area contributed by atoms with Gasteiger partial charge in [-0.25, -0.2) is 0 Å². The maximum absolute atomic E-state index is 10.2. The summed E-state index contributed by atoms with van der Waals surface area (Å²) in [7, 11) is 0. The van der Waals surface area contributed by atoms with E-state index in [1.807, 2.05) is 38.2 Å². The highest BCUT2D eigenvalue weighted by Crippen LogP contribution is 2.43. The Morgan fingerprint density at radius 3 is 2.06 bits per heavy atom. The van der Waals surface area contributed by atoms with Gasteiger partial charge < -0.3 is 10.2 Å². The second-order valence-electron chi connectivity index (χ2n) is 12.5. The first kappa shape index (κ1) is 34.4. The summed E-state index contributed by atoms with van der Waals surface area (Å²) < 4.78 is 0. The molecule has 50 heavy (non-hydrogen) atoms. The van der Waals surface area contributed by atoms with Crippen molar-refractivity contribution >= 4 is 73.0 Å². The minimum Gasteiger partial charge on any atom is -0.509 e. The molecule has 0 aliphatic carbocycles. The Morgan fingerprint density at radius 2 is 1.44 bits per heavy atom. The van der Waals surface area contributed by atoms with Gasteiger partial charge in [-0.1, -0.05) is 148 Å². The van der Waals surface area contributed by atoms with Crippen LogP contribution in [0.15, 0.2) is 141 Å². The number of hydrogen-bond acceptors (Lipinski definition) is 3. The van der Waals surface area contributed by atoms with Crippen LogP contribution in [-0.4, -0.2) is 16.8 Å². The smallest absolute Gasteiger partial charge is 0.109 e. The average Bonchev–Trinajstić information content (AvgIpc) is 3.48. The summed E-state index contributed by atoms with van der Waals surface area (Å²) in [6, 6.07) is 26.3. The molecular formula is C47H42O2S. The van der Waals surface area contributed by atoms with Crippen LogP contribution in [0, 0.1) is 5.92 Å². The minimum atomic E-state index is -0.0650. The number of thiophene rings is 1. The predicted octanol–water partition coefficient (Wildman–Crippen LogP) is 13.3. The molecule has 0 spiro atoms. The molecule has 6 aromatic rings. The Kier molecular flexibility index (Phi) is 10.0. The summed E-state index contributed by atoms with van der Waals surface area (Å²) in [5, 5.41) is 26.9. The summed E-state index contributed by atoms with van der Waals surface area (Å²) >= 11 is 1.77. The van der Waals surface area contributed by atoms with Crippen LogP contribution >= 0.6 is 11.3 Å². The van der Waals surface area contributed by atoms with Crippen LogP contribution in [0.5, 0.6) is 0 Å². The molecule has 0 aliphatic heterocycles. The molecule has 0 radical (unpaired) electrons. The molecule has 0 saturated carbocycles. The standard InChI is InChI=1S/C47H42O2S/c1-8-12-44-38(10-3)39(11-4)47(50-44)37(9-2)32-15-17-33(18-16-32)40-23-19-34-22-26-43-41(24-20-35-21-25-42(40)45(34)46(35)43)36(27-31(7)49)14-13-29(5)30(6)28-48/h8-27,30,48-49H,3-5,7,28H2,1-2,6H3/b12-8-,14-13-,36-27+,37-9-. The van der Waals surface area contributed by atoms with E-state index in [-0.39, 0.29) is 18.3 Å². The summed E-state index contributed by atoms with van der Waals surface area (Å²) in [6.07, 6.45) is 15.8. The van der Waals surface area contributed by atoms with Crippen molar-refractivity contribution in [1.82, 2.24) is 0 Å². The highest BCUT2D eigenvalue weighted by Gasteiger charge is 2.18. The third-order valence-corrected chi connectivity index (χ3v) is 10.7. The van der Waals surface area contributed by atoms with E-state index in [1.165, 1.54) is 42.4 Å². The van der Waals surface area contributed by atoms with Crippen molar-refractivity contribution in [3.8, 4) is 11.1 Å². The monoisotopic (exact) mass is 670 g/mol. The summed E-state index contributed by atoms with van der Waals surface area (Å²) in [5.74, 6) is -0.0908. The second-order valence-corrected chi connectivity index (χ2v) is 13.6. The Labute approximate surface area is 299 Å². The number of benzene rings is 5. The van der Waals surface area contributed by atoms with Crippen molar-refractivity contribution in [3.05, 3.63) is 173 Å². The number of aliphatic hydroxyl groups excluding tert-OH is 2. The van der Waals surface area contributed by atoms with Gasteiger partial charge >= 0.3 is 0 Å². The van der Waals surface area contributed by atoms with Crippen LogP contribution in [0.2, 0.25) is 0 Å². The molecule has 2 N–H and O–H groups in total. The fourth-order valence-electron chi connectivity index (χ4n) is 6.80. The van der Waals surface area contributed by atoms with Crippen molar-refractivity contribution in [1.29, 1.82) is 0 Å². The highest BCUT2D eigenvalue weighted by atomic mass is 32.1. The lowest BCUT2D eigenvalue weighted by Gasteiger charge is -2.17. The largest absolute Gasteiger partial charge is 0.509 e. The molecule has 1 heterocycles. The summed E-state index contributed by atoms with van der Waals surface area (Å²) in [4.78, 5) is 2.37. The average molecular weight is 671 g/mol. The van der Waals surface area contributed by atoms with Gasteiger partial charge in [0, 0.05) is 27.8 Å². The molecule has 0 bridgehead atoms. The van der Waals surface area contributed by atoms with E-state index < -0.39 is 0 Å². The first-order chi connectivity index (χ1) is 24.2. The predicted molar refractivity (Wildman–Crippen MR) is 222 cm³/mol. The zero-order valence-electron chi connectivity index (χ0n) is 29.0. The van der Waals surface area contributed by atoms with Gasteiger partial charge in [0.05, 0.1) is 0 Å². The summed E-state index contributed by atoms with van der Waals surface area (Å²) in [6.45, 7) is 22.2. The Morgan fingerprint density at radius 1 is 0.800 bits per heavy atom. The van der Waals surface area contributed by atoms with Crippen LogP contribution in [0.3, 0.4) is 0 Å². The van der Waals surface area contributed by atoms with E-state index in [1.54, 1.807) is 17.4 Å². The SMILES string of the molecule is C=Cc1c(/C=C\C)sc(/C(=C\C)c2ccc(-c3ccc4ccc5c(C(/C=C\C(=C)C(C)CO)=C/C(=C)O)ccc6ccc3c4c65)cc2)c1C=C. The van der Waals surface area contributed by atoms with Gasteiger partial charge in [-0.3, -0.25) is 0 Å². The first-order valence-electron chi connectivity index (χ1n) is 16.8. The quantitative estimate of drug-likeness (QED) is 0.0773. The molecule has 1 unspecified atom stereocenters. The molecule has 2 nitrogen and oxygen atoms in total. The molecule has 0 aliphatic rings. The lowest BCUT2D eigenvalue weighted by atomic mass is 9.86. The molecular weight excluding hydrogens is 629 g/mol. The Hall–Kier alpha value is -5.48. The van der Waals surface area contributed by atoms with Crippen LogP contribution in [0.25, 0.3) is 72.8 Å². The Balaban J connectivity index is 1.46. The van der Waals surface area contributed by atoms with Crippen molar-refractivity contribution < 1.29 is 10.2 Å². The minimum absolute atomic E-state index is 0.0222. The van der Waals surface area contributed by atoms with Crippen LogP contribution in [0.1, 0.15) is 52.8 Å². The molecule has 1 atom stereocenters. The van der Waals surface area contributed by atoms with E-state index in [0.29, 0.717) is 0 Å². The van der Waals surface area contributed by atoms with Gasteiger partial charge in [0.1, 0.15) is 5.76 Å². The van der Waals surface area contributed by atoms with E-state index >= 15 is 0 Å². The second kappa shape index (κ2) is 14.6. The lowest BCUT2D eigenvalue weighted by molar-refractivity contribution is 0.258. The molecule has 1 aromatic heterocycles. The molecule has 5 aromatic carbocycles. The third-order valence-electron chi connectivity index (χ3n) is 9.46. The van der Waals surface area contributed by atoms with Gasteiger partial charge in [-0.05, 0) is 97.3 Å². The van der Waals surface area contributed by atoms with Gasteiger partial charge in [-0.2, -0.15) is 0 Å². The zero-order chi connectivity index (χ0) is 35.5. The molecule has 0 saturated heterocycles. The van der Waals surface area contributed by atoms with Gasteiger partial charge in [-0.15, -0.1) is 11.3 Å². The fourth-order valence-corrected chi connectivity index (χ4v) is 8.18. The number of aliphatic hydroxyl groups is 2. The van der Waals surface area contributed by atoms with E-state index in [2.05, 4.69) is 124 Å². The van der Waals surface area contributed by atoms with E-state index in [4.69, 9.17) is 0 Å². The normalized spacial score (nSPS) is 13.3. The number of rotatable bonds is 12. The maximum Gasteiger partial charge on any atom is 0.109 e. The van der Waals surface area contributed by atoms with Crippen LogP contribution in [-0.2, 0) is 0 Å². The maximum atomic E-state index is 10.2. The van der Waals surface area contributed by atoms with Gasteiger partial charge in [0.15, 0.2) is 0 Å². The first-order valence-corrected chi connectivity index (χ1v) is 17.7. The van der Waals surface area contributed by atoms with E-state index in [9.17, 15) is 10.2 Å². The lowest BCUT2D eigenvalue weighted by Crippen LogP contribution is -2.01. The third kappa shape index (κ3) is 6.22. The molecule has 0 fully saturated rings.